The summed E-state index contributed by atoms with van der Waals surface area (Å²) >= 11 is 0. The van der Waals surface area contributed by atoms with E-state index < -0.39 is 0 Å². The summed E-state index contributed by atoms with van der Waals surface area (Å²) in [6.07, 6.45) is 7.88. The van der Waals surface area contributed by atoms with Gasteiger partial charge in [0.2, 0.25) is 0 Å². The van der Waals surface area contributed by atoms with Gasteiger partial charge in [-0.3, -0.25) is 0 Å². The Labute approximate surface area is 63.8 Å². The second-order valence-electron chi connectivity index (χ2n) is 4.85. The van der Waals surface area contributed by atoms with Crippen molar-refractivity contribution in [1.29, 1.82) is 0 Å². The first-order chi connectivity index (χ1) is 4.83. The van der Waals surface area contributed by atoms with Crippen molar-refractivity contribution in [3.05, 3.63) is 0 Å². The molecule has 0 aromatic rings. The summed E-state index contributed by atoms with van der Waals surface area (Å²) in [6, 6.07) is 0. The van der Waals surface area contributed by atoms with Gasteiger partial charge in [-0.25, -0.2) is 0 Å². The van der Waals surface area contributed by atoms with Crippen LogP contribution in [0.1, 0.15) is 32.1 Å². The van der Waals surface area contributed by atoms with E-state index in [0.717, 1.165) is 11.2 Å². The maximum atomic E-state index is 2.45. The van der Waals surface area contributed by atoms with Gasteiger partial charge in [-0.1, -0.05) is 25.1 Å². The van der Waals surface area contributed by atoms with Crippen LogP contribution in [0.2, 0.25) is 5.82 Å². The minimum absolute atomic E-state index is 0.956. The fraction of sp³-hybridized carbons (Fsp3) is 1.00. The Morgan fingerprint density at radius 1 is 1.20 bits per heavy atom. The lowest BCUT2D eigenvalue weighted by molar-refractivity contribution is 0.0899. The molecule has 0 N–H and O–H groups in total. The van der Waals surface area contributed by atoms with Crippen molar-refractivity contribution in [1.82, 2.24) is 0 Å². The molecule has 4 atom stereocenters. The van der Waals surface area contributed by atoms with Crippen molar-refractivity contribution in [3.8, 4) is 0 Å². The molecule has 54 valence electrons. The van der Waals surface area contributed by atoms with Gasteiger partial charge < -0.3 is 0 Å². The van der Waals surface area contributed by atoms with Crippen LogP contribution >= 0.6 is 0 Å². The van der Waals surface area contributed by atoms with E-state index in [0.29, 0.717) is 0 Å². The molecule has 3 rings (SSSR count). The summed E-state index contributed by atoms with van der Waals surface area (Å²) < 4.78 is 0. The van der Waals surface area contributed by atoms with Gasteiger partial charge >= 0.3 is 0 Å². The highest BCUT2D eigenvalue weighted by atomic mass is 14.7. The van der Waals surface area contributed by atoms with Crippen molar-refractivity contribution in [2.75, 3.05) is 0 Å². The summed E-state index contributed by atoms with van der Waals surface area (Å²) in [4.78, 5) is 0. The van der Waals surface area contributed by atoms with Crippen LogP contribution < -0.4 is 0 Å². The molecule has 0 radical (unpaired) electrons. The quantitative estimate of drug-likeness (QED) is 0.441. The molecule has 4 unspecified atom stereocenters. The fourth-order valence-corrected chi connectivity index (χ4v) is 3.95. The second kappa shape index (κ2) is 1.46. The third kappa shape index (κ3) is 0.445. The van der Waals surface area contributed by atoms with Gasteiger partial charge in [-0.15, -0.1) is 0 Å². The van der Waals surface area contributed by atoms with E-state index in [1.54, 1.807) is 32.1 Å². The molecule has 0 aliphatic heterocycles. The first-order valence-corrected chi connectivity index (χ1v) is 4.83. The first kappa shape index (κ1) is 5.68. The smallest absolute Gasteiger partial charge is 0.0659 e. The molecule has 0 heterocycles. The van der Waals surface area contributed by atoms with Crippen LogP contribution in [0.25, 0.3) is 0 Å². The maximum Gasteiger partial charge on any atom is 0.105 e. The van der Waals surface area contributed by atoms with E-state index >= 15 is 0 Å². The van der Waals surface area contributed by atoms with Crippen LogP contribution in [0, 0.1) is 17.3 Å². The molecular formula is C9H15B. The lowest BCUT2D eigenvalue weighted by Gasteiger charge is -2.48. The average Bonchev–Trinajstić information content (AvgIpc) is 2.60. The van der Waals surface area contributed by atoms with Gasteiger partial charge in [-0.05, 0) is 30.1 Å². The Morgan fingerprint density at radius 2 is 2.10 bits per heavy atom. The molecule has 0 aromatic heterocycles. The fourth-order valence-electron chi connectivity index (χ4n) is 3.95. The Bertz CT molecular complexity index is 178. The number of rotatable bonds is 0. The van der Waals surface area contributed by atoms with Gasteiger partial charge in [-0.2, -0.15) is 0 Å². The molecule has 3 saturated carbocycles. The summed E-state index contributed by atoms with van der Waals surface area (Å²) in [5, 5.41) is 0. The zero-order valence-electron chi connectivity index (χ0n) is 6.77. The van der Waals surface area contributed by atoms with Gasteiger partial charge in [0.25, 0.3) is 0 Å². The Kier molecular flexibility index (Phi) is 0.832. The Balaban J connectivity index is 1.87. The molecule has 1 heteroatoms. The predicted molar refractivity (Wildman–Crippen MR) is 44.8 cm³/mol. The largest absolute Gasteiger partial charge is 0.105 e. The summed E-state index contributed by atoms with van der Waals surface area (Å²) in [5.41, 5.74) is 0.956. The minimum Gasteiger partial charge on any atom is -0.0659 e. The molecular weight excluding hydrogens is 119 g/mol. The molecule has 1 spiro atoms. The second-order valence-corrected chi connectivity index (χ2v) is 4.85. The van der Waals surface area contributed by atoms with Gasteiger partial charge in [0.15, 0.2) is 0 Å². The first-order valence-electron chi connectivity index (χ1n) is 4.83. The normalized spacial score (nSPS) is 63.8. The highest BCUT2D eigenvalue weighted by Gasteiger charge is 2.66. The molecule has 0 nitrogen and oxygen atoms in total. The van der Waals surface area contributed by atoms with Gasteiger partial charge in [0.1, 0.15) is 7.85 Å². The van der Waals surface area contributed by atoms with Crippen molar-refractivity contribution < 1.29 is 0 Å². The van der Waals surface area contributed by atoms with Crippen LogP contribution in [-0.4, -0.2) is 7.85 Å². The van der Waals surface area contributed by atoms with Crippen LogP contribution in [-0.2, 0) is 0 Å². The van der Waals surface area contributed by atoms with Crippen LogP contribution in [0.4, 0.5) is 0 Å². The molecule has 3 fully saturated rings. The molecule has 0 amide bonds. The SMILES string of the molecule is BC1CC23CC2CCCC13. The maximum absolute atomic E-state index is 2.45. The standard InChI is InChI=1S/C9H15B/c10-8-5-9-4-6(9)2-1-3-7(8)9/h6-8H,1-5,10H2. The van der Waals surface area contributed by atoms with E-state index in [2.05, 4.69) is 7.85 Å². The molecule has 3 aliphatic rings. The monoisotopic (exact) mass is 134 g/mol. The van der Waals surface area contributed by atoms with E-state index in [1.807, 2.05) is 0 Å². The van der Waals surface area contributed by atoms with Crippen LogP contribution in [0.3, 0.4) is 0 Å². The Morgan fingerprint density at radius 3 is 2.80 bits per heavy atom. The van der Waals surface area contributed by atoms with E-state index in [9.17, 15) is 0 Å². The molecule has 3 aliphatic carbocycles. The van der Waals surface area contributed by atoms with E-state index in [-0.39, 0.29) is 0 Å². The topological polar surface area (TPSA) is 0 Å². The number of hydrogen-bond donors (Lipinski definition) is 0. The summed E-state index contributed by atoms with van der Waals surface area (Å²) in [7, 11) is 2.45. The molecule has 0 aromatic carbocycles. The van der Waals surface area contributed by atoms with Gasteiger partial charge in [0.05, 0.1) is 0 Å². The van der Waals surface area contributed by atoms with Gasteiger partial charge in [0, 0.05) is 0 Å². The van der Waals surface area contributed by atoms with Crippen LogP contribution in [0.5, 0.6) is 0 Å². The summed E-state index contributed by atoms with van der Waals surface area (Å²) in [5.74, 6) is 3.46. The highest BCUT2D eigenvalue weighted by Crippen LogP contribution is 2.76. The predicted octanol–water partition coefficient (Wildman–Crippen LogP) is 1.62. The zero-order chi connectivity index (χ0) is 6.77. The van der Waals surface area contributed by atoms with Crippen molar-refractivity contribution in [3.63, 3.8) is 0 Å². The van der Waals surface area contributed by atoms with Crippen molar-refractivity contribution in [2.24, 2.45) is 17.3 Å². The van der Waals surface area contributed by atoms with Crippen molar-refractivity contribution >= 4 is 7.85 Å². The third-order valence-electron chi connectivity index (χ3n) is 4.47. The lowest BCUT2D eigenvalue weighted by Crippen LogP contribution is -2.38. The Hall–Kier alpha value is 0.0649. The third-order valence-corrected chi connectivity index (χ3v) is 4.47. The van der Waals surface area contributed by atoms with Crippen LogP contribution in [0.15, 0.2) is 0 Å². The molecule has 0 saturated heterocycles. The summed E-state index contributed by atoms with van der Waals surface area (Å²) in [6.45, 7) is 0. The number of hydrogen-bond acceptors (Lipinski definition) is 0. The minimum atomic E-state index is 0.956. The lowest BCUT2D eigenvalue weighted by atomic mass is 9.50. The average molecular weight is 134 g/mol. The van der Waals surface area contributed by atoms with E-state index in [4.69, 9.17) is 0 Å². The van der Waals surface area contributed by atoms with Crippen molar-refractivity contribution in [2.45, 2.75) is 37.9 Å². The highest BCUT2D eigenvalue weighted by molar-refractivity contribution is 6.12. The molecule has 10 heavy (non-hydrogen) atoms. The molecule has 0 bridgehead atoms. The van der Waals surface area contributed by atoms with E-state index in [1.165, 1.54) is 11.8 Å². The zero-order valence-corrected chi connectivity index (χ0v) is 6.77.